The quantitative estimate of drug-likeness (QED) is 0.722. The molecule has 1 fully saturated rings. The summed E-state index contributed by atoms with van der Waals surface area (Å²) in [5.41, 5.74) is 0.490. The summed E-state index contributed by atoms with van der Waals surface area (Å²) in [5.74, 6) is 2.65. The predicted molar refractivity (Wildman–Crippen MR) is 80.9 cm³/mol. The van der Waals surface area contributed by atoms with Crippen LogP contribution in [-0.4, -0.2) is 23.6 Å². The number of unbranched alkanes of at least 4 members (excludes halogenated alkanes) is 1. The summed E-state index contributed by atoms with van der Waals surface area (Å²) < 4.78 is 0. The van der Waals surface area contributed by atoms with E-state index in [0.717, 1.165) is 12.1 Å². The van der Waals surface area contributed by atoms with E-state index in [1.165, 1.54) is 50.0 Å². The van der Waals surface area contributed by atoms with Gasteiger partial charge in [0.2, 0.25) is 0 Å². The van der Waals surface area contributed by atoms with Crippen molar-refractivity contribution < 1.29 is 0 Å². The fourth-order valence-electron chi connectivity index (χ4n) is 2.60. The Kier molecular flexibility index (Phi) is 6.94. The van der Waals surface area contributed by atoms with Crippen molar-refractivity contribution in [1.82, 2.24) is 5.32 Å². The standard InChI is InChI=1S/C15H31NS/c1-5-7-9-13(8-6-2)16-14-12-17-11-10-15(14,3)4/h13-14,16H,5-12H2,1-4H3. The first-order valence-corrected chi connectivity index (χ1v) is 8.59. The third kappa shape index (κ3) is 5.21. The molecule has 0 spiro atoms. The van der Waals surface area contributed by atoms with E-state index < -0.39 is 0 Å². The Morgan fingerprint density at radius 3 is 2.59 bits per heavy atom. The Morgan fingerprint density at radius 1 is 1.24 bits per heavy atom. The molecule has 0 aromatic heterocycles. The lowest BCUT2D eigenvalue weighted by Gasteiger charge is -2.41. The third-order valence-electron chi connectivity index (χ3n) is 4.10. The second-order valence-corrected chi connectivity index (χ2v) is 7.31. The third-order valence-corrected chi connectivity index (χ3v) is 5.16. The Balaban J connectivity index is 2.46. The van der Waals surface area contributed by atoms with Gasteiger partial charge in [0.1, 0.15) is 0 Å². The Labute approximate surface area is 113 Å². The molecule has 0 aliphatic carbocycles. The molecule has 0 aromatic carbocycles. The van der Waals surface area contributed by atoms with E-state index in [2.05, 4.69) is 44.8 Å². The summed E-state index contributed by atoms with van der Waals surface area (Å²) in [6.45, 7) is 9.48. The van der Waals surface area contributed by atoms with E-state index >= 15 is 0 Å². The molecule has 1 N–H and O–H groups in total. The number of thioether (sulfide) groups is 1. The van der Waals surface area contributed by atoms with Crippen molar-refractivity contribution in [3.05, 3.63) is 0 Å². The summed E-state index contributed by atoms with van der Waals surface area (Å²) in [5, 5.41) is 3.96. The topological polar surface area (TPSA) is 12.0 Å². The highest BCUT2D eigenvalue weighted by molar-refractivity contribution is 7.99. The molecule has 0 amide bonds. The van der Waals surface area contributed by atoms with Gasteiger partial charge >= 0.3 is 0 Å². The maximum absolute atomic E-state index is 3.96. The largest absolute Gasteiger partial charge is 0.310 e. The number of hydrogen-bond donors (Lipinski definition) is 1. The van der Waals surface area contributed by atoms with E-state index in [1.807, 2.05) is 0 Å². The molecule has 0 bridgehead atoms. The Bertz CT molecular complexity index is 203. The predicted octanol–water partition coefficient (Wildman–Crippen LogP) is 4.47. The van der Waals surface area contributed by atoms with E-state index in [0.29, 0.717) is 5.41 Å². The average Bonchev–Trinajstić information content (AvgIpc) is 2.28. The van der Waals surface area contributed by atoms with Crippen molar-refractivity contribution in [2.75, 3.05) is 11.5 Å². The normalized spacial score (nSPS) is 25.8. The summed E-state index contributed by atoms with van der Waals surface area (Å²) in [4.78, 5) is 0. The van der Waals surface area contributed by atoms with E-state index in [-0.39, 0.29) is 0 Å². The van der Waals surface area contributed by atoms with Crippen LogP contribution in [0.5, 0.6) is 0 Å². The molecular formula is C15H31NS. The molecule has 1 aliphatic rings. The van der Waals surface area contributed by atoms with Gasteiger partial charge in [0, 0.05) is 17.8 Å². The molecule has 0 aromatic rings. The summed E-state index contributed by atoms with van der Waals surface area (Å²) in [7, 11) is 0. The van der Waals surface area contributed by atoms with Crippen molar-refractivity contribution in [2.45, 2.75) is 78.3 Å². The van der Waals surface area contributed by atoms with Gasteiger partial charge in [-0.25, -0.2) is 0 Å². The Morgan fingerprint density at radius 2 is 2.00 bits per heavy atom. The van der Waals surface area contributed by atoms with Crippen LogP contribution in [0.4, 0.5) is 0 Å². The molecule has 1 aliphatic heterocycles. The first-order chi connectivity index (χ1) is 8.10. The fraction of sp³-hybridized carbons (Fsp3) is 1.00. The van der Waals surface area contributed by atoms with Crippen molar-refractivity contribution >= 4 is 11.8 Å². The van der Waals surface area contributed by atoms with E-state index in [9.17, 15) is 0 Å². The van der Waals surface area contributed by atoms with E-state index in [4.69, 9.17) is 0 Å². The molecule has 17 heavy (non-hydrogen) atoms. The molecule has 1 nitrogen and oxygen atoms in total. The lowest BCUT2D eigenvalue weighted by atomic mass is 9.81. The maximum Gasteiger partial charge on any atom is 0.0212 e. The molecule has 2 heteroatoms. The molecule has 0 saturated carbocycles. The highest BCUT2D eigenvalue weighted by Crippen LogP contribution is 2.34. The van der Waals surface area contributed by atoms with Gasteiger partial charge in [0.15, 0.2) is 0 Å². The molecule has 2 unspecified atom stereocenters. The van der Waals surface area contributed by atoms with Crippen molar-refractivity contribution in [3.8, 4) is 0 Å². The first kappa shape index (κ1) is 15.4. The molecular weight excluding hydrogens is 226 g/mol. The molecule has 1 rings (SSSR count). The lowest BCUT2D eigenvalue weighted by Crippen LogP contribution is -2.50. The van der Waals surface area contributed by atoms with Crippen LogP contribution in [-0.2, 0) is 0 Å². The van der Waals surface area contributed by atoms with Gasteiger partial charge in [-0.3, -0.25) is 0 Å². The monoisotopic (exact) mass is 257 g/mol. The van der Waals surface area contributed by atoms with E-state index in [1.54, 1.807) is 0 Å². The van der Waals surface area contributed by atoms with Gasteiger partial charge < -0.3 is 5.32 Å². The van der Waals surface area contributed by atoms with Crippen molar-refractivity contribution in [1.29, 1.82) is 0 Å². The van der Waals surface area contributed by atoms with Crippen LogP contribution in [0.15, 0.2) is 0 Å². The molecule has 1 saturated heterocycles. The van der Waals surface area contributed by atoms with Crippen LogP contribution in [0.25, 0.3) is 0 Å². The molecule has 2 atom stereocenters. The maximum atomic E-state index is 3.96. The van der Waals surface area contributed by atoms with Gasteiger partial charge in [-0.1, -0.05) is 47.0 Å². The fourth-order valence-corrected chi connectivity index (χ4v) is 4.22. The molecule has 102 valence electrons. The molecule has 0 radical (unpaired) electrons. The second kappa shape index (κ2) is 7.68. The minimum atomic E-state index is 0.490. The average molecular weight is 257 g/mol. The minimum Gasteiger partial charge on any atom is -0.310 e. The van der Waals surface area contributed by atoms with Gasteiger partial charge in [0.25, 0.3) is 0 Å². The zero-order valence-corrected chi connectivity index (χ0v) is 13.0. The summed E-state index contributed by atoms with van der Waals surface area (Å²) >= 11 is 2.13. The van der Waals surface area contributed by atoms with Crippen LogP contribution in [0, 0.1) is 5.41 Å². The zero-order valence-electron chi connectivity index (χ0n) is 12.2. The highest BCUT2D eigenvalue weighted by Gasteiger charge is 2.33. The number of nitrogens with one attached hydrogen (secondary N) is 1. The van der Waals surface area contributed by atoms with Gasteiger partial charge in [-0.2, -0.15) is 11.8 Å². The van der Waals surface area contributed by atoms with Crippen LogP contribution in [0.2, 0.25) is 0 Å². The lowest BCUT2D eigenvalue weighted by molar-refractivity contribution is 0.219. The van der Waals surface area contributed by atoms with Crippen molar-refractivity contribution in [2.24, 2.45) is 5.41 Å². The smallest absolute Gasteiger partial charge is 0.0212 e. The van der Waals surface area contributed by atoms with Gasteiger partial charge in [0.05, 0.1) is 0 Å². The van der Waals surface area contributed by atoms with Gasteiger partial charge in [-0.15, -0.1) is 0 Å². The van der Waals surface area contributed by atoms with Crippen LogP contribution >= 0.6 is 11.8 Å². The molecule has 1 heterocycles. The van der Waals surface area contributed by atoms with Gasteiger partial charge in [-0.05, 0) is 30.4 Å². The van der Waals surface area contributed by atoms with Crippen molar-refractivity contribution in [3.63, 3.8) is 0 Å². The first-order valence-electron chi connectivity index (χ1n) is 7.44. The second-order valence-electron chi connectivity index (χ2n) is 6.16. The summed E-state index contributed by atoms with van der Waals surface area (Å²) in [6, 6.07) is 1.47. The number of rotatable bonds is 7. The van der Waals surface area contributed by atoms with Crippen LogP contribution < -0.4 is 5.32 Å². The SMILES string of the molecule is CCCCC(CCC)NC1CSCCC1(C)C. The van der Waals surface area contributed by atoms with Crippen LogP contribution in [0.3, 0.4) is 0 Å². The zero-order chi connectivity index (χ0) is 12.7. The minimum absolute atomic E-state index is 0.490. The number of hydrogen-bond acceptors (Lipinski definition) is 2. The summed E-state index contributed by atoms with van der Waals surface area (Å²) in [6.07, 6.45) is 8.07. The van der Waals surface area contributed by atoms with Crippen LogP contribution in [0.1, 0.15) is 66.2 Å². The highest BCUT2D eigenvalue weighted by atomic mass is 32.2. The Hall–Kier alpha value is 0.310.